The van der Waals surface area contributed by atoms with Crippen molar-refractivity contribution in [2.45, 2.75) is 38.5 Å². The molecule has 0 spiro atoms. The van der Waals surface area contributed by atoms with Crippen LogP contribution in [-0.2, 0) is 16.8 Å². The number of hydrogen-bond donors (Lipinski definition) is 2. The topological polar surface area (TPSA) is 97.5 Å². The third-order valence-electron chi connectivity index (χ3n) is 6.59. The predicted molar refractivity (Wildman–Crippen MR) is 136 cm³/mol. The number of carbonyl (C=O) groups excluding carboxylic acids is 2. The molecule has 7 nitrogen and oxygen atoms in total. The van der Waals surface area contributed by atoms with Gasteiger partial charge in [-0.25, -0.2) is 14.2 Å². The molecule has 0 atom stereocenters. The van der Waals surface area contributed by atoms with E-state index in [1.807, 2.05) is 6.07 Å². The van der Waals surface area contributed by atoms with Gasteiger partial charge >= 0.3 is 6.09 Å². The Morgan fingerprint density at radius 1 is 1.05 bits per heavy atom. The Kier molecular flexibility index (Phi) is 5.89. The number of ether oxygens (including phenoxy) is 1. The molecule has 2 aliphatic heterocycles. The van der Waals surface area contributed by atoms with Crippen molar-refractivity contribution in [2.24, 2.45) is 0 Å². The second kappa shape index (κ2) is 8.83. The second-order valence-electron chi connectivity index (χ2n) is 10.5. The fourth-order valence-electron chi connectivity index (χ4n) is 4.68. The maximum atomic E-state index is 15.4. The van der Waals surface area contributed by atoms with E-state index in [4.69, 9.17) is 10.5 Å². The average molecular weight is 507 g/mol. The fraction of sp³-hybridized carbons (Fsp3) is 0.321. The van der Waals surface area contributed by atoms with E-state index in [1.54, 1.807) is 63.2 Å². The van der Waals surface area contributed by atoms with Gasteiger partial charge in [-0.2, -0.15) is 4.39 Å². The SMILES string of the molecule is CC(C)(C)OC(=O)N1CC(F)(c2ccc(-c3cc(-c4ccc5c(c4)CCNC5=O)c(N)nc3F)cc2)C1. The van der Waals surface area contributed by atoms with Gasteiger partial charge in [0, 0.05) is 23.2 Å². The number of nitrogens with one attached hydrogen (secondary N) is 1. The van der Waals surface area contributed by atoms with Gasteiger partial charge in [-0.05, 0) is 61.6 Å². The monoisotopic (exact) mass is 506 g/mol. The standard InChI is InChI=1S/C28H28F2N4O3/c1-27(2,3)37-26(36)34-14-28(30,15-34)19-7-4-16(5-8-19)21-13-22(24(31)33-23(21)29)17-6-9-20-18(12-17)10-11-32-25(20)35/h4-9,12-13H,10-11,14-15H2,1-3H3,(H2,31,33)(H,32,35). The van der Waals surface area contributed by atoms with Crippen molar-refractivity contribution in [3.63, 3.8) is 0 Å². The molecule has 2 aliphatic rings. The zero-order valence-corrected chi connectivity index (χ0v) is 20.9. The van der Waals surface area contributed by atoms with Crippen molar-refractivity contribution in [3.05, 3.63) is 71.2 Å². The number of nitrogen functional groups attached to an aromatic ring is 1. The maximum Gasteiger partial charge on any atom is 0.410 e. The van der Waals surface area contributed by atoms with Gasteiger partial charge in [0.15, 0.2) is 5.67 Å². The minimum atomic E-state index is -1.70. The molecule has 3 heterocycles. The first-order valence-electron chi connectivity index (χ1n) is 12.1. The number of fused-ring (bicyclic) bond motifs is 1. The minimum absolute atomic E-state index is 0.0393. The van der Waals surface area contributed by atoms with Gasteiger partial charge in [0.1, 0.15) is 11.4 Å². The van der Waals surface area contributed by atoms with Crippen LogP contribution in [-0.4, -0.2) is 47.1 Å². The van der Waals surface area contributed by atoms with E-state index in [0.29, 0.717) is 35.2 Å². The number of amides is 2. The van der Waals surface area contributed by atoms with E-state index < -0.39 is 23.3 Å². The van der Waals surface area contributed by atoms with Crippen LogP contribution in [0.5, 0.6) is 0 Å². The number of aromatic nitrogens is 1. The quantitative estimate of drug-likeness (QED) is 0.496. The molecule has 2 aromatic carbocycles. The van der Waals surface area contributed by atoms with Crippen LogP contribution in [0.25, 0.3) is 22.3 Å². The summed E-state index contributed by atoms with van der Waals surface area (Å²) in [7, 11) is 0. The van der Waals surface area contributed by atoms with Crippen molar-refractivity contribution in [1.82, 2.24) is 15.2 Å². The summed E-state index contributed by atoms with van der Waals surface area (Å²) < 4.78 is 35.6. The van der Waals surface area contributed by atoms with E-state index in [9.17, 15) is 14.0 Å². The lowest BCUT2D eigenvalue weighted by atomic mass is 9.87. The molecule has 9 heteroatoms. The molecule has 1 saturated heterocycles. The summed E-state index contributed by atoms with van der Waals surface area (Å²) in [5.41, 5.74) is 7.62. The zero-order chi connectivity index (χ0) is 26.5. The number of benzene rings is 2. The van der Waals surface area contributed by atoms with Crippen molar-refractivity contribution in [3.8, 4) is 22.3 Å². The predicted octanol–water partition coefficient (Wildman–Crippen LogP) is 4.84. The Morgan fingerprint density at radius 2 is 1.73 bits per heavy atom. The number of nitrogens with two attached hydrogens (primary N) is 1. The van der Waals surface area contributed by atoms with Gasteiger partial charge in [0.2, 0.25) is 5.95 Å². The first-order chi connectivity index (χ1) is 17.4. The summed E-state index contributed by atoms with van der Waals surface area (Å²) in [4.78, 5) is 29.5. The highest BCUT2D eigenvalue weighted by atomic mass is 19.1. The van der Waals surface area contributed by atoms with Gasteiger partial charge in [0.25, 0.3) is 5.91 Å². The third kappa shape index (κ3) is 4.73. The number of halogens is 2. The molecule has 1 fully saturated rings. The van der Waals surface area contributed by atoms with Gasteiger partial charge < -0.3 is 20.7 Å². The molecule has 3 N–H and O–H groups in total. The third-order valence-corrected chi connectivity index (χ3v) is 6.59. The summed E-state index contributed by atoms with van der Waals surface area (Å²) in [5.74, 6) is -0.816. The van der Waals surface area contributed by atoms with Crippen molar-refractivity contribution < 1.29 is 23.1 Å². The van der Waals surface area contributed by atoms with Gasteiger partial charge in [0.05, 0.1) is 13.1 Å². The minimum Gasteiger partial charge on any atom is -0.444 e. The molecule has 0 radical (unpaired) electrons. The molecule has 2 amide bonds. The van der Waals surface area contributed by atoms with E-state index in [0.717, 1.165) is 11.1 Å². The van der Waals surface area contributed by atoms with E-state index in [2.05, 4.69) is 10.3 Å². The van der Waals surface area contributed by atoms with E-state index in [-0.39, 0.29) is 30.4 Å². The molecule has 192 valence electrons. The lowest BCUT2D eigenvalue weighted by molar-refractivity contribution is -0.0537. The number of pyridine rings is 1. The highest BCUT2D eigenvalue weighted by molar-refractivity contribution is 5.97. The Labute approximate surface area is 213 Å². The number of nitrogens with zero attached hydrogens (tertiary/aromatic N) is 2. The highest BCUT2D eigenvalue weighted by Gasteiger charge is 2.48. The number of anilines is 1. The molecule has 1 aromatic heterocycles. The number of alkyl halides is 1. The van der Waals surface area contributed by atoms with Crippen molar-refractivity contribution in [1.29, 1.82) is 0 Å². The van der Waals surface area contributed by atoms with Crippen LogP contribution in [0, 0.1) is 5.95 Å². The molecular weight excluding hydrogens is 478 g/mol. The molecule has 0 saturated carbocycles. The van der Waals surface area contributed by atoms with Gasteiger partial charge in [-0.3, -0.25) is 4.79 Å². The Morgan fingerprint density at radius 3 is 2.41 bits per heavy atom. The van der Waals surface area contributed by atoms with Crippen molar-refractivity contribution >= 4 is 17.8 Å². The number of hydrogen-bond acceptors (Lipinski definition) is 5. The molecule has 5 rings (SSSR count). The summed E-state index contributed by atoms with van der Waals surface area (Å²) >= 11 is 0. The smallest absolute Gasteiger partial charge is 0.410 e. The van der Waals surface area contributed by atoms with Crippen LogP contribution in [0.1, 0.15) is 42.3 Å². The Bertz CT molecular complexity index is 1390. The lowest BCUT2D eigenvalue weighted by Crippen LogP contribution is -2.59. The lowest BCUT2D eigenvalue weighted by Gasteiger charge is -2.44. The molecule has 3 aromatic rings. The Hall–Kier alpha value is -4.01. The first-order valence-corrected chi connectivity index (χ1v) is 12.1. The summed E-state index contributed by atoms with van der Waals surface area (Å²) in [6.07, 6.45) is 0.136. The molecule has 0 aliphatic carbocycles. The average Bonchev–Trinajstić information content (AvgIpc) is 2.81. The zero-order valence-electron chi connectivity index (χ0n) is 20.9. The number of carbonyl (C=O) groups is 2. The van der Waals surface area contributed by atoms with E-state index in [1.165, 1.54) is 4.90 Å². The normalized spacial score (nSPS) is 16.5. The number of rotatable bonds is 3. The summed E-state index contributed by atoms with van der Waals surface area (Å²) in [6.45, 7) is 5.60. The van der Waals surface area contributed by atoms with Crippen LogP contribution in [0.15, 0.2) is 48.5 Å². The van der Waals surface area contributed by atoms with Crippen LogP contribution in [0.4, 0.5) is 19.4 Å². The van der Waals surface area contributed by atoms with Crippen LogP contribution < -0.4 is 11.1 Å². The van der Waals surface area contributed by atoms with E-state index >= 15 is 4.39 Å². The summed E-state index contributed by atoms with van der Waals surface area (Å²) in [6, 6.07) is 13.4. The molecular formula is C28H28F2N4O3. The van der Waals surface area contributed by atoms with Gasteiger partial charge in [-0.15, -0.1) is 0 Å². The molecule has 0 unspecified atom stereocenters. The fourth-order valence-corrected chi connectivity index (χ4v) is 4.68. The van der Waals surface area contributed by atoms with Gasteiger partial charge in [-0.1, -0.05) is 36.4 Å². The number of likely N-dealkylation sites (tertiary alicyclic amines) is 1. The largest absolute Gasteiger partial charge is 0.444 e. The van der Waals surface area contributed by atoms with Crippen LogP contribution in [0.3, 0.4) is 0 Å². The van der Waals surface area contributed by atoms with Crippen LogP contribution >= 0.6 is 0 Å². The van der Waals surface area contributed by atoms with Crippen LogP contribution in [0.2, 0.25) is 0 Å². The first kappa shape index (κ1) is 24.7. The summed E-state index contributed by atoms with van der Waals surface area (Å²) in [5, 5.41) is 2.81. The Balaban J connectivity index is 1.38. The molecule has 0 bridgehead atoms. The van der Waals surface area contributed by atoms with Crippen molar-refractivity contribution in [2.75, 3.05) is 25.4 Å². The highest BCUT2D eigenvalue weighted by Crippen LogP contribution is 2.39. The maximum absolute atomic E-state index is 15.4. The second-order valence-corrected chi connectivity index (χ2v) is 10.5. The molecule has 37 heavy (non-hydrogen) atoms.